The van der Waals surface area contributed by atoms with Crippen LogP contribution in [0.4, 0.5) is 0 Å². The summed E-state index contributed by atoms with van der Waals surface area (Å²) in [6, 6.07) is 7.53. The summed E-state index contributed by atoms with van der Waals surface area (Å²) in [5.41, 5.74) is 6.81. The van der Waals surface area contributed by atoms with E-state index in [1.807, 2.05) is 0 Å². The number of nitrogens with two attached hydrogens (primary N) is 1. The van der Waals surface area contributed by atoms with Crippen molar-refractivity contribution in [2.45, 2.75) is 68.7 Å². The van der Waals surface area contributed by atoms with Crippen LogP contribution < -0.4 is 32.3 Å². The summed E-state index contributed by atoms with van der Waals surface area (Å²) in [6.45, 7) is -0.609. The van der Waals surface area contributed by atoms with E-state index in [2.05, 4.69) is 26.6 Å². The maximum Gasteiger partial charge on any atom is 0.305 e. The second kappa shape index (κ2) is 17.5. The van der Waals surface area contributed by atoms with Gasteiger partial charge < -0.3 is 47.6 Å². The second-order valence-corrected chi connectivity index (χ2v) is 10.9. The van der Waals surface area contributed by atoms with Crippen molar-refractivity contribution < 1.29 is 44.1 Å². The van der Waals surface area contributed by atoms with Gasteiger partial charge in [0.2, 0.25) is 29.5 Å². The zero-order valence-corrected chi connectivity index (χ0v) is 25.1. The zero-order chi connectivity index (χ0) is 33.6. The van der Waals surface area contributed by atoms with Gasteiger partial charge in [-0.25, -0.2) is 0 Å². The molecule has 1 heterocycles. The first-order chi connectivity index (χ1) is 22.0. The third-order valence-corrected chi connectivity index (χ3v) is 7.33. The Labute approximate surface area is 265 Å². The van der Waals surface area contributed by atoms with Crippen molar-refractivity contribution in [1.82, 2.24) is 26.6 Å². The molecule has 0 spiro atoms. The van der Waals surface area contributed by atoms with Crippen molar-refractivity contribution in [3.8, 4) is 5.75 Å². The molecule has 15 nitrogen and oxygen atoms in total. The number of nitrogens with one attached hydrogen (secondary N) is 5. The number of carboxylic acids is 1. The Hall–Kier alpha value is -5.02. The maximum absolute atomic E-state index is 13.7. The highest BCUT2D eigenvalue weighted by molar-refractivity contribution is 5.98. The average molecular weight is 641 g/mol. The van der Waals surface area contributed by atoms with E-state index in [0.29, 0.717) is 30.5 Å². The van der Waals surface area contributed by atoms with Gasteiger partial charge in [-0.2, -0.15) is 0 Å². The van der Waals surface area contributed by atoms with Crippen LogP contribution in [0.5, 0.6) is 5.75 Å². The molecule has 3 rings (SSSR count). The van der Waals surface area contributed by atoms with E-state index in [1.54, 1.807) is 30.3 Å². The van der Waals surface area contributed by atoms with E-state index in [4.69, 9.17) is 5.73 Å². The van der Waals surface area contributed by atoms with Crippen LogP contribution in [-0.2, 0) is 41.6 Å². The largest absolute Gasteiger partial charge is 0.508 e. The summed E-state index contributed by atoms with van der Waals surface area (Å²) in [7, 11) is 0. The Morgan fingerprint density at radius 3 is 1.63 bits per heavy atom. The molecule has 0 aromatic heterocycles. The Morgan fingerprint density at radius 1 is 0.630 bits per heavy atom. The van der Waals surface area contributed by atoms with Gasteiger partial charge in [0.1, 0.15) is 36.0 Å². The number of aromatic hydroxyl groups is 1. The molecule has 1 fully saturated rings. The van der Waals surface area contributed by atoms with Gasteiger partial charge in [-0.3, -0.25) is 28.8 Å². The maximum atomic E-state index is 13.7. The lowest BCUT2D eigenvalue weighted by molar-refractivity contribution is -0.141. The van der Waals surface area contributed by atoms with Gasteiger partial charge in [-0.05, 0) is 49.1 Å². The minimum Gasteiger partial charge on any atom is -0.508 e. The molecular formula is C31H40N6O9. The van der Waals surface area contributed by atoms with E-state index < -0.39 is 78.7 Å². The summed E-state index contributed by atoms with van der Waals surface area (Å²) in [5.74, 6) is -5.88. The van der Waals surface area contributed by atoms with Gasteiger partial charge in [0, 0.05) is 12.8 Å². The lowest BCUT2D eigenvalue weighted by atomic mass is 10.0. The van der Waals surface area contributed by atoms with Crippen molar-refractivity contribution in [3.05, 3.63) is 65.7 Å². The number of phenolic OH excluding ortho intramolecular Hbond substituents is 1. The highest BCUT2D eigenvalue weighted by Gasteiger charge is 2.35. The Balaban J connectivity index is 2.05. The molecule has 1 aliphatic rings. The lowest BCUT2D eigenvalue weighted by Crippen LogP contribution is -2.59. The first-order valence-corrected chi connectivity index (χ1v) is 14.9. The van der Waals surface area contributed by atoms with E-state index in [0.717, 1.165) is 0 Å². The van der Waals surface area contributed by atoms with Crippen LogP contribution in [0.15, 0.2) is 54.6 Å². The fourth-order valence-electron chi connectivity index (χ4n) is 4.84. The van der Waals surface area contributed by atoms with Gasteiger partial charge in [0.05, 0.1) is 13.0 Å². The van der Waals surface area contributed by atoms with Gasteiger partial charge >= 0.3 is 5.97 Å². The highest BCUT2D eigenvalue weighted by Crippen LogP contribution is 2.13. The molecule has 0 unspecified atom stereocenters. The third-order valence-electron chi connectivity index (χ3n) is 7.33. The van der Waals surface area contributed by atoms with Crippen LogP contribution in [0.3, 0.4) is 0 Å². The first kappa shape index (κ1) is 35.5. The predicted molar refractivity (Wildman–Crippen MR) is 164 cm³/mol. The van der Waals surface area contributed by atoms with Crippen molar-refractivity contribution in [2.24, 2.45) is 5.73 Å². The van der Waals surface area contributed by atoms with Crippen LogP contribution in [-0.4, -0.2) is 94.2 Å². The summed E-state index contributed by atoms with van der Waals surface area (Å²) in [5, 5.41) is 41.4. The van der Waals surface area contributed by atoms with Crippen molar-refractivity contribution >= 4 is 35.5 Å². The number of carboxylic acid groups (broad SMARTS) is 1. The minimum atomic E-state index is -1.67. The van der Waals surface area contributed by atoms with E-state index >= 15 is 0 Å². The number of carbonyl (C=O) groups excluding carboxylic acids is 5. The Bertz CT molecular complexity index is 1370. The standard InChI is InChI=1S/C31H40N6O9/c32-13-5-4-8-21-27(42)36-24(16-26(40)41)30(45)37-25(17-38)31(46)35-23(15-19-9-11-20(39)12-10-19)29(44)34-22(28(43)33-21)14-18-6-2-1-3-7-18/h1-3,6-7,9-12,21-25,38-39H,4-5,8,13-17,32H2,(H,33,43)(H,34,44)(H,35,46)(H,36,42)(H,37,45)(H,40,41)/t21-,22-,23-,24-,25-/m0/s1. The number of hydrogen-bond acceptors (Lipinski definition) is 9. The molecule has 0 bridgehead atoms. The monoisotopic (exact) mass is 640 g/mol. The lowest BCUT2D eigenvalue weighted by Gasteiger charge is -2.26. The van der Waals surface area contributed by atoms with Gasteiger partial charge in [0.25, 0.3) is 0 Å². The summed E-state index contributed by atoms with van der Waals surface area (Å²) < 4.78 is 0. The summed E-state index contributed by atoms with van der Waals surface area (Å²) in [4.78, 5) is 78.8. The number of rotatable bonds is 11. The minimum absolute atomic E-state index is 0.0103. The smallest absolute Gasteiger partial charge is 0.305 e. The summed E-state index contributed by atoms with van der Waals surface area (Å²) in [6.07, 6.45) is 0.0448. The number of amides is 5. The van der Waals surface area contributed by atoms with Crippen LogP contribution in [0.25, 0.3) is 0 Å². The second-order valence-electron chi connectivity index (χ2n) is 10.9. The molecule has 1 saturated heterocycles. The number of hydrogen-bond donors (Lipinski definition) is 9. The molecule has 46 heavy (non-hydrogen) atoms. The molecule has 0 aliphatic carbocycles. The molecule has 10 N–H and O–H groups in total. The molecule has 2 aromatic carbocycles. The van der Waals surface area contributed by atoms with Gasteiger partial charge in [0.15, 0.2) is 0 Å². The van der Waals surface area contributed by atoms with Gasteiger partial charge in [-0.1, -0.05) is 42.5 Å². The fraction of sp³-hybridized carbons (Fsp3) is 0.419. The van der Waals surface area contributed by atoms with Crippen molar-refractivity contribution in [3.63, 3.8) is 0 Å². The van der Waals surface area contributed by atoms with Gasteiger partial charge in [-0.15, -0.1) is 0 Å². The van der Waals surface area contributed by atoms with E-state index in [1.165, 1.54) is 24.3 Å². The van der Waals surface area contributed by atoms with Crippen LogP contribution >= 0.6 is 0 Å². The van der Waals surface area contributed by atoms with Crippen molar-refractivity contribution in [1.29, 1.82) is 0 Å². The van der Waals surface area contributed by atoms with E-state index in [-0.39, 0.29) is 25.0 Å². The Morgan fingerprint density at radius 2 is 1.09 bits per heavy atom. The predicted octanol–water partition coefficient (Wildman–Crippen LogP) is -1.79. The molecule has 1 aliphatic heterocycles. The summed E-state index contributed by atoms with van der Waals surface area (Å²) >= 11 is 0. The third kappa shape index (κ3) is 10.9. The fourth-order valence-corrected chi connectivity index (χ4v) is 4.84. The quantitative estimate of drug-likeness (QED) is 0.125. The SMILES string of the molecule is NCCCC[C@@H]1NC(=O)[C@H](Cc2ccccc2)NC(=O)[C@H](Cc2ccc(O)cc2)NC(=O)[C@H](CO)NC(=O)[C@H](CC(=O)O)NC1=O. The zero-order valence-electron chi connectivity index (χ0n) is 25.1. The number of carbonyl (C=O) groups is 6. The highest BCUT2D eigenvalue weighted by atomic mass is 16.4. The number of aliphatic hydroxyl groups excluding tert-OH is 1. The molecule has 5 atom stereocenters. The number of aliphatic carboxylic acids is 1. The van der Waals surface area contributed by atoms with Crippen LogP contribution in [0, 0.1) is 0 Å². The van der Waals surface area contributed by atoms with Crippen molar-refractivity contribution in [2.75, 3.05) is 13.2 Å². The molecule has 15 heteroatoms. The molecule has 0 saturated carbocycles. The number of phenols is 1. The first-order valence-electron chi connectivity index (χ1n) is 14.9. The molecular weight excluding hydrogens is 600 g/mol. The number of benzene rings is 2. The van der Waals surface area contributed by atoms with E-state index in [9.17, 15) is 44.1 Å². The molecule has 0 radical (unpaired) electrons. The molecule has 5 amide bonds. The Kier molecular flexibility index (Phi) is 13.5. The molecule has 2 aromatic rings. The van der Waals surface area contributed by atoms with Crippen LogP contribution in [0.1, 0.15) is 36.8 Å². The number of aliphatic hydroxyl groups is 1. The average Bonchev–Trinajstić information content (AvgIpc) is 3.02. The number of unbranched alkanes of at least 4 members (excludes halogenated alkanes) is 1. The molecule has 248 valence electrons. The van der Waals surface area contributed by atoms with Crippen LogP contribution in [0.2, 0.25) is 0 Å². The normalized spacial score (nSPS) is 23.1. The topological polar surface area (TPSA) is 249 Å².